The topological polar surface area (TPSA) is 77.2 Å². The molecule has 6 heteroatoms. The lowest BCUT2D eigenvalue weighted by atomic mass is 9.99. The zero-order valence-corrected chi connectivity index (χ0v) is 11.5. The molecule has 1 aromatic heterocycles. The van der Waals surface area contributed by atoms with Crippen molar-refractivity contribution in [2.24, 2.45) is 5.73 Å². The fraction of sp³-hybridized carbons (Fsp3) is 0.667. The van der Waals surface area contributed by atoms with Gasteiger partial charge in [-0.05, 0) is 19.8 Å². The number of thiazole rings is 1. The number of nitrogens with zero attached hydrogens (tertiary/aromatic N) is 1. The fourth-order valence-corrected chi connectivity index (χ4v) is 2.71. The molecule has 0 spiro atoms. The average Bonchev–Trinajstić information content (AvgIpc) is 2.98. The highest BCUT2D eigenvalue weighted by Gasteiger charge is 2.38. The second kappa shape index (κ2) is 5.34. The maximum atomic E-state index is 12.1. The van der Waals surface area contributed by atoms with Crippen molar-refractivity contribution in [2.45, 2.75) is 38.3 Å². The largest absolute Gasteiger partial charge is 0.379 e. The maximum Gasteiger partial charge on any atom is 0.243 e. The molecule has 1 aromatic rings. The van der Waals surface area contributed by atoms with Crippen LogP contribution in [0.15, 0.2) is 6.20 Å². The van der Waals surface area contributed by atoms with E-state index in [2.05, 4.69) is 17.2 Å². The highest BCUT2D eigenvalue weighted by Crippen LogP contribution is 2.22. The quantitative estimate of drug-likeness (QED) is 0.855. The van der Waals surface area contributed by atoms with Crippen LogP contribution >= 0.6 is 11.3 Å². The first-order valence-corrected chi connectivity index (χ1v) is 6.99. The summed E-state index contributed by atoms with van der Waals surface area (Å²) < 4.78 is 5.19. The Balaban J connectivity index is 1.98. The van der Waals surface area contributed by atoms with Crippen molar-refractivity contribution >= 4 is 17.2 Å². The lowest BCUT2D eigenvalue weighted by molar-refractivity contribution is -0.127. The number of hydrogen-bond acceptors (Lipinski definition) is 5. The van der Waals surface area contributed by atoms with E-state index in [-0.39, 0.29) is 11.9 Å². The molecule has 1 fully saturated rings. The normalized spacial score (nSPS) is 25.1. The van der Waals surface area contributed by atoms with Gasteiger partial charge in [0.1, 0.15) is 10.5 Å². The first-order chi connectivity index (χ1) is 8.55. The van der Waals surface area contributed by atoms with Gasteiger partial charge >= 0.3 is 0 Å². The first kappa shape index (κ1) is 13.5. The van der Waals surface area contributed by atoms with Gasteiger partial charge in [0.25, 0.3) is 0 Å². The van der Waals surface area contributed by atoms with Crippen LogP contribution in [0.3, 0.4) is 0 Å². The van der Waals surface area contributed by atoms with Crippen molar-refractivity contribution in [1.29, 1.82) is 0 Å². The van der Waals surface area contributed by atoms with Gasteiger partial charge in [-0.3, -0.25) is 4.79 Å². The zero-order chi connectivity index (χ0) is 13.2. The van der Waals surface area contributed by atoms with Gasteiger partial charge in [0.15, 0.2) is 0 Å². The van der Waals surface area contributed by atoms with Gasteiger partial charge in [0.05, 0.1) is 12.6 Å². The smallest absolute Gasteiger partial charge is 0.243 e. The van der Waals surface area contributed by atoms with E-state index in [9.17, 15) is 4.79 Å². The Morgan fingerprint density at radius 3 is 3.11 bits per heavy atom. The molecule has 5 nitrogen and oxygen atoms in total. The van der Waals surface area contributed by atoms with E-state index < -0.39 is 5.54 Å². The van der Waals surface area contributed by atoms with Crippen molar-refractivity contribution in [3.8, 4) is 0 Å². The zero-order valence-electron chi connectivity index (χ0n) is 10.7. The standard InChI is InChI=1S/C12H19N3O2S/c1-3-9-6-14-10(18-9)8(2)15-11(16)12(13)4-5-17-7-12/h6,8H,3-5,7,13H2,1-2H3,(H,15,16). The summed E-state index contributed by atoms with van der Waals surface area (Å²) >= 11 is 1.63. The number of nitrogens with one attached hydrogen (secondary N) is 1. The number of rotatable bonds is 4. The van der Waals surface area contributed by atoms with Crippen molar-refractivity contribution in [1.82, 2.24) is 10.3 Å². The Morgan fingerprint density at radius 2 is 2.56 bits per heavy atom. The summed E-state index contributed by atoms with van der Waals surface area (Å²) in [5.41, 5.74) is 5.13. The number of carbonyl (C=O) groups is 1. The van der Waals surface area contributed by atoms with E-state index in [4.69, 9.17) is 10.5 Å². The van der Waals surface area contributed by atoms with Crippen LogP contribution in [0.2, 0.25) is 0 Å². The molecule has 2 heterocycles. The minimum Gasteiger partial charge on any atom is -0.379 e. The van der Waals surface area contributed by atoms with Gasteiger partial charge in [0, 0.05) is 17.7 Å². The molecule has 1 saturated heterocycles. The Morgan fingerprint density at radius 1 is 1.78 bits per heavy atom. The van der Waals surface area contributed by atoms with Gasteiger partial charge in [-0.2, -0.15) is 0 Å². The highest BCUT2D eigenvalue weighted by atomic mass is 32.1. The number of amides is 1. The molecule has 100 valence electrons. The summed E-state index contributed by atoms with van der Waals surface area (Å²) in [5.74, 6) is -0.152. The van der Waals surface area contributed by atoms with Crippen LogP contribution in [0, 0.1) is 0 Å². The number of aromatic nitrogens is 1. The minimum atomic E-state index is -0.876. The van der Waals surface area contributed by atoms with Crippen LogP contribution in [-0.2, 0) is 16.0 Å². The highest BCUT2D eigenvalue weighted by molar-refractivity contribution is 7.11. The van der Waals surface area contributed by atoms with Gasteiger partial charge in [-0.1, -0.05) is 6.92 Å². The molecule has 0 aromatic carbocycles. The van der Waals surface area contributed by atoms with Crippen LogP contribution in [0.5, 0.6) is 0 Å². The molecule has 2 rings (SSSR count). The maximum absolute atomic E-state index is 12.1. The molecule has 3 N–H and O–H groups in total. The van der Waals surface area contributed by atoms with Crippen LogP contribution in [-0.4, -0.2) is 29.6 Å². The molecule has 0 radical (unpaired) electrons. The van der Waals surface area contributed by atoms with Crippen molar-refractivity contribution in [2.75, 3.05) is 13.2 Å². The van der Waals surface area contributed by atoms with Gasteiger partial charge in [-0.15, -0.1) is 11.3 Å². The van der Waals surface area contributed by atoms with Gasteiger partial charge in [-0.25, -0.2) is 4.98 Å². The monoisotopic (exact) mass is 269 g/mol. The molecule has 0 bridgehead atoms. The summed E-state index contributed by atoms with van der Waals surface area (Å²) in [7, 11) is 0. The SMILES string of the molecule is CCc1cnc(C(C)NC(=O)C2(N)CCOC2)s1. The van der Waals surface area contributed by atoms with Crippen LogP contribution in [0.4, 0.5) is 0 Å². The van der Waals surface area contributed by atoms with Gasteiger partial charge < -0.3 is 15.8 Å². The van der Waals surface area contributed by atoms with E-state index in [0.29, 0.717) is 19.6 Å². The molecule has 1 aliphatic rings. The third-order valence-corrected chi connectivity index (χ3v) is 4.47. The molecule has 1 amide bonds. The third-order valence-electron chi connectivity index (χ3n) is 3.14. The summed E-state index contributed by atoms with van der Waals surface area (Å²) in [6.07, 6.45) is 3.40. The minimum absolute atomic E-state index is 0.108. The second-order valence-electron chi connectivity index (χ2n) is 4.67. The molecule has 0 aliphatic carbocycles. The van der Waals surface area contributed by atoms with E-state index in [0.717, 1.165) is 11.4 Å². The van der Waals surface area contributed by atoms with E-state index in [1.54, 1.807) is 11.3 Å². The molecular formula is C12H19N3O2S. The predicted molar refractivity (Wildman–Crippen MR) is 70.4 cm³/mol. The summed E-state index contributed by atoms with van der Waals surface area (Å²) in [6, 6.07) is -0.108. The number of ether oxygens (including phenoxy) is 1. The lowest BCUT2D eigenvalue weighted by Crippen LogP contribution is -2.54. The Hall–Kier alpha value is -0.980. The molecule has 0 saturated carbocycles. The van der Waals surface area contributed by atoms with Crippen molar-refractivity contribution in [3.63, 3.8) is 0 Å². The van der Waals surface area contributed by atoms with Crippen molar-refractivity contribution < 1.29 is 9.53 Å². The number of aryl methyl sites for hydroxylation is 1. The van der Waals surface area contributed by atoms with Crippen LogP contribution < -0.4 is 11.1 Å². The number of nitrogens with two attached hydrogens (primary N) is 1. The Labute approximate surface area is 111 Å². The Bertz CT molecular complexity index is 427. The van der Waals surface area contributed by atoms with Crippen LogP contribution in [0.1, 0.15) is 36.2 Å². The van der Waals surface area contributed by atoms with Gasteiger partial charge in [0.2, 0.25) is 5.91 Å². The first-order valence-electron chi connectivity index (χ1n) is 6.17. The molecule has 2 unspecified atom stereocenters. The van der Waals surface area contributed by atoms with E-state index in [1.165, 1.54) is 4.88 Å². The number of hydrogen-bond donors (Lipinski definition) is 2. The third kappa shape index (κ3) is 2.71. The second-order valence-corrected chi connectivity index (χ2v) is 5.82. The van der Waals surface area contributed by atoms with Crippen LogP contribution in [0.25, 0.3) is 0 Å². The summed E-state index contributed by atoms with van der Waals surface area (Å²) in [6.45, 7) is 4.86. The fourth-order valence-electron chi connectivity index (χ4n) is 1.85. The molecular weight excluding hydrogens is 250 g/mol. The molecule has 18 heavy (non-hydrogen) atoms. The summed E-state index contributed by atoms with van der Waals surface area (Å²) in [5, 5.41) is 3.84. The average molecular weight is 269 g/mol. The lowest BCUT2D eigenvalue weighted by Gasteiger charge is -2.22. The molecule has 1 aliphatic heterocycles. The summed E-state index contributed by atoms with van der Waals surface area (Å²) in [4.78, 5) is 17.6. The van der Waals surface area contributed by atoms with E-state index in [1.807, 2.05) is 13.1 Å². The Kier molecular flexibility index (Phi) is 3.99. The number of carbonyl (C=O) groups excluding carboxylic acids is 1. The van der Waals surface area contributed by atoms with Crippen molar-refractivity contribution in [3.05, 3.63) is 16.1 Å². The predicted octanol–water partition coefficient (Wildman–Crippen LogP) is 1.00. The molecule has 2 atom stereocenters. The van der Waals surface area contributed by atoms with E-state index >= 15 is 0 Å².